The number of nitrogens with zero attached hydrogens (tertiary/aromatic N) is 24. The molecular weight excluding hydrogens is 1200 g/mol. The highest BCUT2D eigenvalue weighted by molar-refractivity contribution is 9.10. The molecule has 12 aromatic rings. The second-order valence-electron chi connectivity index (χ2n) is 19.5. The maximum atomic E-state index is 12.1. The third-order valence-electron chi connectivity index (χ3n) is 13.9. The first-order valence-corrected chi connectivity index (χ1v) is 28.5. The van der Waals surface area contributed by atoms with Gasteiger partial charge in [0, 0.05) is 72.7 Å². The first-order valence-electron chi connectivity index (χ1n) is 27.7. The van der Waals surface area contributed by atoms with Gasteiger partial charge in [-0.25, -0.2) is 53.7 Å². The van der Waals surface area contributed by atoms with Gasteiger partial charge in [0.25, 0.3) is 0 Å². The number of aryl methyl sites for hydroxylation is 11. The lowest BCUT2D eigenvalue weighted by atomic mass is 10.2. The molecule has 0 aliphatic heterocycles. The number of esters is 3. The third kappa shape index (κ3) is 12.5. The van der Waals surface area contributed by atoms with Crippen molar-refractivity contribution in [3.63, 3.8) is 0 Å². The number of rotatable bonds is 14. The van der Waals surface area contributed by atoms with Gasteiger partial charge in [0.05, 0.1) is 85.5 Å². The smallest absolute Gasteiger partial charge is 0.356 e. The van der Waals surface area contributed by atoms with E-state index >= 15 is 0 Å². The van der Waals surface area contributed by atoms with E-state index in [1.165, 1.54) is 21.3 Å². The van der Waals surface area contributed by atoms with Crippen molar-refractivity contribution in [3.8, 4) is 57.6 Å². The number of ether oxygens (including phenoxy) is 3. The molecule has 1 N–H and O–H groups in total. The van der Waals surface area contributed by atoms with Crippen LogP contribution in [-0.2, 0) is 95.6 Å². The van der Waals surface area contributed by atoms with E-state index in [4.69, 9.17) is 14.5 Å². The summed E-state index contributed by atoms with van der Waals surface area (Å²) in [5.74, 6) is 1.22. The molecule has 12 heterocycles. The Balaban J connectivity index is 0.000000146. The maximum absolute atomic E-state index is 12.1. The molecule has 0 bridgehead atoms. The van der Waals surface area contributed by atoms with E-state index in [1.807, 2.05) is 36.3 Å². The van der Waals surface area contributed by atoms with Crippen LogP contribution in [0.2, 0.25) is 0 Å². The first kappa shape index (κ1) is 62.3. The fraction of sp³-hybridized carbons (Fsp3) is 0.357. The van der Waals surface area contributed by atoms with E-state index in [9.17, 15) is 19.5 Å². The van der Waals surface area contributed by atoms with Crippen molar-refractivity contribution in [2.45, 2.75) is 73.7 Å². The van der Waals surface area contributed by atoms with Gasteiger partial charge in [0.2, 0.25) is 0 Å². The van der Waals surface area contributed by atoms with Gasteiger partial charge in [-0.05, 0) is 85.9 Å². The molecule has 88 heavy (non-hydrogen) atoms. The van der Waals surface area contributed by atoms with E-state index < -0.39 is 17.9 Å². The molecule has 0 saturated carbocycles. The van der Waals surface area contributed by atoms with Gasteiger partial charge in [-0.3, -0.25) is 32.8 Å². The van der Waals surface area contributed by atoms with Gasteiger partial charge >= 0.3 is 17.9 Å². The highest BCUT2D eigenvalue weighted by Crippen LogP contribution is 2.31. The van der Waals surface area contributed by atoms with Crippen molar-refractivity contribution in [2.24, 2.45) is 42.3 Å². The summed E-state index contributed by atoms with van der Waals surface area (Å²) in [5.41, 5.74) is 9.05. The fourth-order valence-corrected chi connectivity index (χ4v) is 9.81. The molecule has 0 aliphatic carbocycles. The predicted octanol–water partition coefficient (Wildman–Crippen LogP) is 5.70. The monoisotopic (exact) mass is 1260 g/mol. The Morgan fingerprint density at radius 3 is 1.22 bits per heavy atom. The maximum Gasteiger partial charge on any atom is 0.356 e. The average molecular weight is 1270 g/mol. The molecule has 0 aromatic carbocycles. The van der Waals surface area contributed by atoms with Crippen LogP contribution < -0.4 is 0 Å². The minimum Gasteiger partial charge on any atom is -0.464 e. The number of fused-ring (bicyclic) bond motifs is 3. The summed E-state index contributed by atoms with van der Waals surface area (Å²) in [6, 6.07) is 10.8. The summed E-state index contributed by atoms with van der Waals surface area (Å²) in [4.78, 5) is 62.2. The Kier molecular flexibility index (Phi) is 18.8. The summed E-state index contributed by atoms with van der Waals surface area (Å²) in [7, 11) is 14.8. The lowest BCUT2D eigenvalue weighted by molar-refractivity contribution is 0.0585. The van der Waals surface area contributed by atoms with Crippen LogP contribution in [0.5, 0.6) is 0 Å². The quantitative estimate of drug-likeness (QED) is 0.0775. The zero-order chi connectivity index (χ0) is 63.2. The van der Waals surface area contributed by atoms with Crippen molar-refractivity contribution in [3.05, 3.63) is 100 Å². The topological polar surface area (TPSA) is 337 Å². The Bertz CT molecular complexity index is 4320. The molecule has 0 spiro atoms. The van der Waals surface area contributed by atoms with E-state index in [2.05, 4.69) is 118 Å². The molecule has 12 aromatic heterocycles. The van der Waals surface area contributed by atoms with Gasteiger partial charge < -0.3 is 19.3 Å². The number of aliphatic hydroxyl groups excluding tert-OH is 1. The molecule has 0 unspecified atom stereocenters. The largest absolute Gasteiger partial charge is 0.464 e. The number of carbonyl (C=O) groups is 3. The SMILES string of the molecule is CCc1cc(-c2nc(-c3nc(C(=O)OC)cc4c3cnn4C)n(C)n2)n(CC)n1.CCc1cc(-c2ncn(C)n2)n(CC)n1.CCn1nc(CO)cc1-c1nc(-c2nc(C(=O)OC)cc3c2cnn3C)n(C)n1.COC(=O)c1cc2c(cnn2C)c(Br)n1. The minimum atomic E-state index is -0.548. The van der Waals surface area contributed by atoms with Crippen LogP contribution >= 0.6 is 15.9 Å². The lowest BCUT2D eigenvalue weighted by Crippen LogP contribution is -2.07. The van der Waals surface area contributed by atoms with Gasteiger partial charge in [-0.15, -0.1) is 15.3 Å². The highest BCUT2D eigenvalue weighted by Gasteiger charge is 2.25. The molecule has 0 amide bonds. The number of halogens is 1. The molecule has 0 aliphatic rings. The summed E-state index contributed by atoms with van der Waals surface area (Å²) in [6.45, 7) is 12.2. The van der Waals surface area contributed by atoms with Crippen LogP contribution in [-0.4, -0.2) is 162 Å². The standard InChI is InChI=1S/C19H22N8O2.C18H20N8O3.C10H15N5.C9H8BrN3O2/c1-6-11-8-15(27(7-2)23-11)17-22-18(26(4)24-17)16-12-10-20-25(3)14(12)9-13(21-16)19(28)29-5;1-5-26-14(6-10(9-27)22-26)16-21-17(25(3)23-16)15-11-8-19-24(2)13(11)7-12(20-15)18(28)29-4;1-4-8-6-9(15(5-2)12-8)10-11-7-14(3)13-10;1-13-7-3-6(9(14)15-2)12-8(10)5(7)4-11-13/h8-10H,6-7H2,1-5H3;6-8,27H,5,9H2,1-4H3;6-7H,4-5H2,1-3H3;3-4H,1-2H3. The Labute approximate surface area is 511 Å². The lowest BCUT2D eigenvalue weighted by Gasteiger charge is -2.05. The number of hydrogen-bond acceptors (Lipinski definition) is 22. The van der Waals surface area contributed by atoms with Crippen LogP contribution in [0.1, 0.15) is 83.2 Å². The van der Waals surface area contributed by atoms with Gasteiger partial charge in [-0.1, -0.05) is 13.8 Å². The molecule has 458 valence electrons. The van der Waals surface area contributed by atoms with E-state index in [0.717, 1.165) is 80.7 Å². The third-order valence-corrected chi connectivity index (χ3v) is 14.5. The van der Waals surface area contributed by atoms with E-state index in [-0.39, 0.29) is 23.7 Å². The molecule has 0 fully saturated rings. The molecule has 12 rings (SSSR count). The second kappa shape index (κ2) is 26.6. The number of methoxy groups -OCH3 is 3. The Morgan fingerprint density at radius 2 is 0.841 bits per heavy atom. The van der Waals surface area contributed by atoms with Crippen molar-refractivity contribution >= 4 is 66.5 Å². The summed E-state index contributed by atoms with van der Waals surface area (Å²) < 4.78 is 30.4. The number of aliphatic hydroxyl groups is 1. The molecule has 0 radical (unpaired) electrons. The number of aromatic nitrogens is 24. The van der Waals surface area contributed by atoms with Crippen molar-refractivity contribution in [2.75, 3.05) is 21.3 Å². The second-order valence-corrected chi connectivity index (χ2v) is 20.2. The predicted molar refractivity (Wildman–Crippen MR) is 324 cm³/mol. The van der Waals surface area contributed by atoms with Crippen molar-refractivity contribution in [1.29, 1.82) is 0 Å². The van der Waals surface area contributed by atoms with Gasteiger partial charge in [0.1, 0.15) is 39.4 Å². The first-order chi connectivity index (χ1) is 42.3. The minimum absolute atomic E-state index is 0.157. The summed E-state index contributed by atoms with van der Waals surface area (Å²) >= 11 is 3.29. The zero-order valence-electron chi connectivity index (χ0n) is 51.0. The van der Waals surface area contributed by atoms with Crippen molar-refractivity contribution in [1.82, 2.24) is 118 Å². The molecular formula is C56H65BrN24O7. The van der Waals surface area contributed by atoms with E-state index in [0.29, 0.717) is 63.8 Å². The average Bonchev–Trinajstić information content (AvgIpc) is 2.08. The Morgan fingerprint density at radius 1 is 0.466 bits per heavy atom. The molecule has 0 saturated heterocycles. The number of hydrogen-bond donors (Lipinski definition) is 1. The fourth-order valence-electron chi connectivity index (χ4n) is 9.31. The van der Waals surface area contributed by atoms with E-state index in [1.54, 1.807) is 117 Å². The number of pyridine rings is 3. The zero-order valence-corrected chi connectivity index (χ0v) is 52.6. The number of carbonyl (C=O) groups excluding carboxylic acids is 3. The van der Waals surface area contributed by atoms with Crippen LogP contribution in [0.3, 0.4) is 0 Å². The highest BCUT2D eigenvalue weighted by atomic mass is 79.9. The van der Waals surface area contributed by atoms with Crippen LogP contribution in [0.15, 0.2) is 65.9 Å². The van der Waals surface area contributed by atoms with Gasteiger partial charge in [0.15, 0.2) is 46.2 Å². The van der Waals surface area contributed by atoms with Gasteiger partial charge in [-0.2, -0.15) is 30.6 Å². The molecule has 0 atom stereocenters. The van der Waals surface area contributed by atoms with Crippen LogP contribution in [0, 0.1) is 0 Å². The van der Waals surface area contributed by atoms with Crippen LogP contribution in [0.4, 0.5) is 0 Å². The molecule has 32 heteroatoms. The summed E-state index contributed by atoms with van der Waals surface area (Å²) in [5, 5.41) is 51.1. The van der Waals surface area contributed by atoms with Crippen molar-refractivity contribution < 1.29 is 33.7 Å². The van der Waals surface area contributed by atoms with Crippen LogP contribution in [0.25, 0.3) is 90.3 Å². The molecule has 31 nitrogen and oxygen atoms in total. The normalized spacial score (nSPS) is 11.1. The summed E-state index contributed by atoms with van der Waals surface area (Å²) in [6.07, 6.45) is 8.54. The Hall–Kier alpha value is -10.2.